The van der Waals surface area contributed by atoms with E-state index in [2.05, 4.69) is 27.0 Å². The summed E-state index contributed by atoms with van der Waals surface area (Å²) in [7, 11) is 0. The van der Waals surface area contributed by atoms with E-state index in [1.807, 2.05) is 51.1 Å². The second kappa shape index (κ2) is 13.3. The Balaban J connectivity index is 1.84. The number of rotatable bonds is 15. The lowest BCUT2D eigenvalue weighted by molar-refractivity contribution is -0.159. The molecule has 1 aromatic carbocycles. The molecule has 4 rings (SSSR count). The predicted octanol–water partition coefficient (Wildman–Crippen LogP) is 4.43. The number of hydrogen-bond acceptors (Lipinski definition) is 5. The first-order valence-corrected chi connectivity index (χ1v) is 16.0. The topological polar surface area (TPSA) is 90.4 Å². The average molecular weight is 594 g/mol. The highest BCUT2D eigenvalue weighted by Crippen LogP contribution is 2.66. The van der Waals surface area contributed by atoms with Crippen LogP contribution in [0, 0.1) is 23.7 Å². The zero-order valence-corrected chi connectivity index (χ0v) is 26.7. The molecular formula is C35H51N3O5. The van der Waals surface area contributed by atoms with Gasteiger partial charge in [0.05, 0.1) is 30.1 Å². The van der Waals surface area contributed by atoms with E-state index in [9.17, 15) is 19.5 Å². The molecule has 3 aliphatic heterocycles. The van der Waals surface area contributed by atoms with Crippen molar-refractivity contribution >= 4 is 17.7 Å². The van der Waals surface area contributed by atoms with Crippen LogP contribution in [0.1, 0.15) is 65.9 Å². The fourth-order valence-electron chi connectivity index (χ4n) is 7.86. The molecule has 3 aliphatic rings. The second-order valence-electron chi connectivity index (χ2n) is 13.0. The molecular weight excluding hydrogens is 542 g/mol. The van der Waals surface area contributed by atoms with Gasteiger partial charge in [-0.1, -0.05) is 83.0 Å². The first-order valence-electron chi connectivity index (χ1n) is 16.0. The minimum atomic E-state index is -1.16. The van der Waals surface area contributed by atoms with Gasteiger partial charge >= 0.3 is 0 Å². The van der Waals surface area contributed by atoms with Crippen molar-refractivity contribution < 1.29 is 24.2 Å². The first-order chi connectivity index (χ1) is 20.6. The SMILES string of the molecule is C=CCN(CCCC)C(=O)C1N([C@@H](CO)[C@@H](C)CC)C(=O)[C@@H]2[C@@H](C(=O)N(CC=C)Cc3ccccc3)[C@]3(C)OC12CC3C. The third-order valence-electron chi connectivity index (χ3n) is 10.4. The van der Waals surface area contributed by atoms with E-state index in [0.717, 1.165) is 24.8 Å². The largest absolute Gasteiger partial charge is 0.394 e. The normalized spacial score (nSPS) is 30.6. The molecule has 8 nitrogen and oxygen atoms in total. The molecule has 3 fully saturated rings. The van der Waals surface area contributed by atoms with Crippen molar-refractivity contribution in [1.29, 1.82) is 0 Å². The maximum Gasteiger partial charge on any atom is 0.248 e. The number of aliphatic hydroxyl groups is 1. The molecule has 0 saturated carbocycles. The highest BCUT2D eigenvalue weighted by atomic mass is 16.5. The number of benzene rings is 1. The summed E-state index contributed by atoms with van der Waals surface area (Å²) < 4.78 is 6.98. The zero-order valence-electron chi connectivity index (χ0n) is 26.7. The molecule has 0 radical (unpaired) electrons. The van der Waals surface area contributed by atoms with Crippen molar-refractivity contribution in [3.8, 4) is 0 Å². The number of ether oxygens (including phenoxy) is 1. The summed E-state index contributed by atoms with van der Waals surface area (Å²) >= 11 is 0. The van der Waals surface area contributed by atoms with E-state index in [1.165, 1.54) is 0 Å². The van der Waals surface area contributed by atoms with E-state index >= 15 is 0 Å². The smallest absolute Gasteiger partial charge is 0.248 e. The summed E-state index contributed by atoms with van der Waals surface area (Å²) in [4.78, 5) is 49.2. The van der Waals surface area contributed by atoms with Crippen LogP contribution in [-0.2, 0) is 25.7 Å². The molecule has 1 aromatic rings. The van der Waals surface area contributed by atoms with Crippen LogP contribution in [0.5, 0.6) is 0 Å². The number of carbonyl (C=O) groups is 3. The third kappa shape index (κ3) is 5.57. The van der Waals surface area contributed by atoms with Crippen molar-refractivity contribution in [1.82, 2.24) is 14.7 Å². The first kappa shape index (κ1) is 32.9. The maximum absolute atomic E-state index is 14.8. The van der Waals surface area contributed by atoms with Crippen LogP contribution in [0.15, 0.2) is 55.6 Å². The number of aliphatic hydroxyl groups excluding tert-OH is 1. The van der Waals surface area contributed by atoms with Gasteiger partial charge in [0.2, 0.25) is 17.7 Å². The zero-order chi connectivity index (χ0) is 31.5. The molecule has 0 aliphatic carbocycles. The lowest BCUT2D eigenvalue weighted by Crippen LogP contribution is -2.60. The minimum Gasteiger partial charge on any atom is -0.394 e. The van der Waals surface area contributed by atoms with Gasteiger partial charge in [-0.15, -0.1) is 13.2 Å². The molecule has 236 valence electrons. The van der Waals surface area contributed by atoms with Crippen molar-refractivity contribution in [2.45, 2.75) is 90.1 Å². The molecule has 8 heteroatoms. The summed E-state index contributed by atoms with van der Waals surface area (Å²) in [6.07, 6.45) is 6.36. The van der Waals surface area contributed by atoms with Gasteiger partial charge < -0.3 is 24.5 Å². The van der Waals surface area contributed by atoms with E-state index in [-0.39, 0.29) is 36.2 Å². The predicted molar refractivity (Wildman–Crippen MR) is 168 cm³/mol. The lowest BCUT2D eigenvalue weighted by atomic mass is 9.62. The van der Waals surface area contributed by atoms with Crippen LogP contribution in [0.4, 0.5) is 0 Å². The standard InChI is InChI=1S/C35H51N3O5/c1-8-12-20-36(18-9-2)33(42)30-35-21-25(6)34(7,43-35)28(29(35)32(41)38(30)27(23-39)24(5)11-4)31(40)37(19-10-3)22-26-16-14-13-15-17-26/h9-10,13-17,24-25,27-30,39H,2-3,8,11-12,18-23H2,1,4-7H3/t24-,25?,27-,28-,29-,30?,34+,35?/m0/s1. The molecule has 3 amide bonds. The minimum absolute atomic E-state index is 0.0577. The number of carbonyl (C=O) groups excluding carboxylic acids is 3. The van der Waals surface area contributed by atoms with Gasteiger partial charge in [0, 0.05) is 26.2 Å². The van der Waals surface area contributed by atoms with Gasteiger partial charge in [-0.05, 0) is 37.2 Å². The van der Waals surface area contributed by atoms with E-state index in [0.29, 0.717) is 32.6 Å². The monoisotopic (exact) mass is 593 g/mol. The fraction of sp³-hybridized carbons (Fsp3) is 0.629. The summed E-state index contributed by atoms with van der Waals surface area (Å²) in [6, 6.07) is 8.27. The number of amides is 3. The molecule has 1 spiro atoms. The maximum atomic E-state index is 14.8. The number of nitrogens with zero attached hydrogens (tertiary/aromatic N) is 3. The Morgan fingerprint density at radius 1 is 1.14 bits per heavy atom. The number of likely N-dealkylation sites (tertiary alicyclic amines) is 1. The van der Waals surface area contributed by atoms with Gasteiger partial charge in [-0.2, -0.15) is 0 Å². The van der Waals surface area contributed by atoms with Crippen LogP contribution < -0.4 is 0 Å². The molecule has 0 aromatic heterocycles. The molecule has 43 heavy (non-hydrogen) atoms. The average Bonchev–Trinajstić information content (AvgIpc) is 3.51. The molecule has 3 saturated heterocycles. The molecule has 1 N–H and O–H groups in total. The Kier molecular flexibility index (Phi) is 10.2. The summed E-state index contributed by atoms with van der Waals surface area (Å²) in [6.45, 7) is 19.2. The Morgan fingerprint density at radius 3 is 2.37 bits per heavy atom. The van der Waals surface area contributed by atoms with Crippen molar-refractivity contribution in [2.24, 2.45) is 23.7 Å². The van der Waals surface area contributed by atoms with E-state index in [4.69, 9.17) is 4.74 Å². The second-order valence-corrected chi connectivity index (χ2v) is 13.0. The summed E-state index contributed by atoms with van der Waals surface area (Å²) in [5, 5.41) is 10.7. The van der Waals surface area contributed by atoms with Gasteiger partial charge in [0.1, 0.15) is 11.6 Å². The summed E-state index contributed by atoms with van der Waals surface area (Å²) in [5.41, 5.74) is -1.10. The van der Waals surface area contributed by atoms with Gasteiger partial charge in [0.25, 0.3) is 0 Å². The highest BCUT2D eigenvalue weighted by Gasteiger charge is 2.80. The van der Waals surface area contributed by atoms with Crippen LogP contribution in [-0.4, -0.2) is 87.1 Å². The van der Waals surface area contributed by atoms with E-state index in [1.54, 1.807) is 26.9 Å². The van der Waals surface area contributed by atoms with Crippen LogP contribution in [0.25, 0.3) is 0 Å². The van der Waals surface area contributed by atoms with Crippen LogP contribution >= 0.6 is 0 Å². The fourth-order valence-corrected chi connectivity index (χ4v) is 7.86. The Bertz CT molecular complexity index is 1190. The Morgan fingerprint density at radius 2 is 1.79 bits per heavy atom. The van der Waals surface area contributed by atoms with Gasteiger partial charge in [0.15, 0.2) is 0 Å². The van der Waals surface area contributed by atoms with E-state index < -0.39 is 35.1 Å². The lowest BCUT2D eigenvalue weighted by Gasteiger charge is -2.41. The van der Waals surface area contributed by atoms with Gasteiger partial charge in [-0.3, -0.25) is 14.4 Å². The quantitative estimate of drug-likeness (QED) is 0.304. The van der Waals surface area contributed by atoms with Crippen molar-refractivity contribution in [3.05, 3.63) is 61.2 Å². The highest BCUT2D eigenvalue weighted by molar-refractivity contribution is 5.99. The van der Waals surface area contributed by atoms with Crippen LogP contribution in [0.2, 0.25) is 0 Å². The van der Waals surface area contributed by atoms with Crippen LogP contribution in [0.3, 0.4) is 0 Å². The van der Waals surface area contributed by atoms with Crippen molar-refractivity contribution in [3.63, 3.8) is 0 Å². The Hall–Kier alpha value is -2.97. The number of unbranched alkanes of at least 4 members (excludes halogenated alkanes) is 1. The number of fused-ring (bicyclic) bond motifs is 1. The summed E-state index contributed by atoms with van der Waals surface area (Å²) in [5.74, 6) is -2.34. The number of hydrogen-bond donors (Lipinski definition) is 1. The molecule has 3 heterocycles. The van der Waals surface area contributed by atoms with Crippen molar-refractivity contribution in [2.75, 3.05) is 26.2 Å². The third-order valence-corrected chi connectivity index (χ3v) is 10.4. The van der Waals surface area contributed by atoms with Gasteiger partial charge in [-0.25, -0.2) is 0 Å². The molecule has 8 atom stereocenters. The Labute approximate surface area is 257 Å². The molecule has 3 unspecified atom stereocenters. The molecule has 2 bridgehead atoms.